The largest absolute Gasteiger partial charge is 0.477 e. The van der Waals surface area contributed by atoms with Gasteiger partial charge in [-0.1, -0.05) is 13.8 Å². The molecule has 1 heterocycles. The molecule has 0 aliphatic rings. The summed E-state index contributed by atoms with van der Waals surface area (Å²) in [5.74, 6) is -1.16. The lowest BCUT2D eigenvalue weighted by Gasteiger charge is -2.23. The summed E-state index contributed by atoms with van der Waals surface area (Å²) < 4.78 is 28.4. The first kappa shape index (κ1) is 17.7. The monoisotopic (exact) mass is 317 g/mol. The number of aromatic carboxylic acids is 1. The van der Waals surface area contributed by atoms with Crippen LogP contribution in [-0.2, 0) is 17.1 Å². The van der Waals surface area contributed by atoms with Crippen molar-refractivity contribution in [1.82, 2.24) is 14.2 Å². The fourth-order valence-corrected chi connectivity index (χ4v) is 3.44. The molecule has 0 radical (unpaired) electrons. The summed E-state index contributed by atoms with van der Waals surface area (Å²) in [6.45, 7) is 8.11. The summed E-state index contributed by atoms with van der Waals surface area (Å²) >= 11 is 0. The molecular formula is C13H23N3O4S. The number of sulfonamides is 1. The molecule has 1 aromatic rings. The van der Waals surface area contributed by atoms with Crippen LogP contribution in [-0.4, -0.2) is 54.6 Å². The molecule has 7 nitrogen and oxygen atoms in total. The smallest absolute Gasteiger partial charge is 0.352 e. The molecule has 21 heavy (non-hydrogen) atoms. The van der Waals surface area contributed by atoms with Crippen molar-refractivity contribution >= 4 is 16.0 Å². The Hall–Kier alpha value is -1.38. The summed E-state index contributed by atoms with van der Waals surface area (Å²) in [5, 5.41) is 8.97. The molecule has 0 amide bonds. The highest BCUT2D eigenvalue weighted by atomic mass is 32.2. The Morgan fingerprint density at radius 1 is 1.43 bits per heavy atom. The molecule has 1 rings (SSSR count). The van der Waals surface area contributed by atoms with E-state index in [1.54, 1.807) is 6.92 Å². The predicted octanol–water partition coefficient (Wildman–Crippen LogP) is 0.732. The Morgan fingerprint density at radius 2 is 2.00 bits per heavy atom. The van der Waals surface area contributed by atoms with Crippen molar-refractivity contribution in [2.75, 3.05) is 19.6 Å². The maximum Gasteiger partial charge on any atom is 0.352 e. The first-order valence-electron chi connectivity index (χ1n) is 6.85. The molecule has 0 spiro atoms. The molecule has 8 heteroatoms. The number of hydrogen-bond donors (Lipinski definition) is 2. The molecule has 1 atom stereocenters. The molecule has 2 N–H and O–H groups in total. The highest BCUT2D eigenvalue weighted by Crippen LogP contribution is 2.14. The summed E-state index contributed by atoms with van der Waals surface area (Å²) in [6.07, 6.45) is 1.30. The van der Waals surface area contributed by atoms with Gasteiger partial charge in [-0.2, -0.15) is 0 Å². The Morgan fingerprint density at radius 3 is 2.43 bits per heavy atom. The van der Waals surface area contributed by atoms with Gasteiger partial charge in [0.25, 0.3) is 0 Å². The number of rotatable bonds is 8. The third kappa shape index (κ3) is 4.55. The molecule has 0 bridgehead atoms. The van der Waals surface area contributed by atoms with Gasteiger partial charge in [0.2, 0.25) is 10.0 Å². The van der Waals surface area contributed by atoms with Gasteiger partial charge >= 0.3 is 5.97 Å². The van der Waals surface area contributed by atoms with Crippen molar-refractivity contribution in [2.45, 2.75) is 31.7 Å². The number of carboxylic acid groups (broad SMARTS) is 1. The minimum absolute atomic E-state index is 0.0335. The summed E-state index contributed by atoms with van der Waals surface area (Å²) in [6, 6.07) is 0.901. The number of carboxylic acids is 1. The van der Waals surface area contributed by atoms with E-state index in [9.17, 15) is 13.2 Å². The Kier molecular flexibility index (Phi) is 5.94. The second kappa shape index (κ2) is 7.06. The number of aryl methyl sites for hydroxylation is 1. The SMILES string of the molecule is CCN(CC)CC(C)NS(=O)(=O)c1cc(C(=O)O)n(C)c1. The average molecular weight is 317 g/mol. The van der Waals surface area contributed by atoms with Gasteiger partial charge in [-0.25, -0.2) is 17.9 Å². The van der Waals surface area contributed by atoms with Gasteiger partial charge in [0.1, 0.15) is 10.6 Å². The molecule has 120 valence electrons. The van der Waals surface area contributed by atoms with Crippen molar-refractivity contribution < 1.29 is 18.3 Å². The zero-order valence-corrected chi connectivity index (χ0v) is 13.6. The molecule has 0 aromatic carbocycles. The van der Waals surface area contributed by atoms with Crippen molar-refractivity contribution in [1.29, 1.82) is 0 Å². The van der Waals surface area contributed by atoms with Gasteiger partial charge in [-0.3, -0.25) is 0 Å². The molecular weight excluding hydrogens is 294 g/mol. The van der Waals surface area contributed by atoms with Gasteiger partial charge in [-0.15, -0.1) is 0 Å². The van der Waals surface area contributed by atoms with Crippen LogP contribution in [0.25, 0.3) is 0 Å². The minimum atomic E-state index is -3.72. The van der Waals surface area contributed by atoms with Gasteiger partial charge in [0.05, 0.1) is 0 Å². The van der Waals surface area contributed by atoms with Gasteiger partial charge in [-0.05, 0) is 26.1 Å². The predicted molar refractivity (Wildman–Crippen MR) is 79.9 cm³/mol. The maximum atomic E-state index is 12.3. The number of nitrogens with zero attached hydrogens (tertiary/aromatic N) is 2. The van der Waals surface area contributed by atoms with Crippen LogP contribution in [0.3, 0.4) is 0 Å². The van der Waals surface area contributed by atoms with E-state index >= 15 is 0 Å². The average Bonchev–Trinajstić information content (AvgIpc) is 2.78. The van der Waals surface area contributed by atoms with Crippen LogP contribution in [0.15, 0.2) is 17.2 Å². The second-order valence-electron chi connectivity index (χ2n) is 4.99. The number of hydrogen-bond acceptors (Lipinski definition) is 4. The zero-order valence-electron chi connectivity index (χ0n) is 12.8. The van der Waals surface area contributed by atoms with E-state index in [2.05, 4.69) is 9.62 Å². The maximum absolute atomic E-state index is 12.3. The molecule has 1 unspecified atom stereocenters. The van der Waals surface area contributed by atoms with Crippen LogP contribution < -0.4 is 4.72 Å². The fourth-order valence-electron chi connectivity index (χ4n) is 2.13. The van der Waals surface area contributed by atoms with Crippen molar-refractivity contribution in [2.24, 2.45) is 7.05 Å². The van der Waals surface area contributed by atoms with E-state index < -0.39 is 16.0 Å². The van der Waals surface area contributed by atoms with Crippen LogP contribution in [0.2, 0.25) is 0 Å². The van der Waals surface area contributed by atoms with Crippen LogP contribution in [0.4, 0.5) is 0 Å². The number of likely N-dealkylation sites (N-methyl/N-ethyl adjacent to an activating group) is 1. The Balaban J connectivity index is 2.86. The lowest BCUT2D eigenvalue weighted by molar-refractivity contribution is 0.0686. The minimum Gasteiger partial charge on any atom is -0.477 e. The van der Waals surface area contributed by atoms with Gasteiger partial charge in [0, 0.05) is 25.8 Å². The first-order valence-corrected chi connectivity index (χ1v) is 8.33. The Labute approximate surface area is 125 Å². The normalized spacial score (nSPS) is 13.6. The van der Waals surface area contributed by atoms with Crippen LogP contribution >= 0.6 is 0 Å². The van der Waals surface area contributed by atoms with Crippen molar-refractivity contribution in [3.63, 3.8) is 0 Å². The molecule has 0 aliphatic carbocycles. The topological polar surface area (TPSA) is 91.6 Å². The molecule has 0 saturated heterocycles. The second-order valence-corrected chi connectivity index (χ2v) is 6.70. The Bertz CT molecular complexity index is 591. The lowest BCUT2D eigenvalue weighted by Crippen LogP contribution is -2.41. The third-order valence-electron chi connectivity index (χ3n) is 3.29. The standard InChI is InChI=1S/C13H23N3O4S/c1-5-16(6-2)8-10(3)14-21(19,20)11-7-12(13(17)18)15(4)9-11/h7,9-10,14H,5-6,8H2,1-4H3,(H,17,18). The highest BCUT2D eigenvalue weighted by Gasteiger charge is 2.22. The summed E-state index contributed by atoms with van der Waals surface area (Å²) in [5.41, 5.74) is -0.0632. The van der Waals surface area contributed by atoms with Crippen LogP contribution in [0, 0.1) is 0 Å². The lowest BCUT2D eigenvalue weighted by atomic mass is 10.3. The summed E-state index contributed by atoms with van der Waals surface area (Å²) in [7, 11) is -2.22. The third-order valence-corrected chi connectivity index (χ3v) is 4.85. The van der Waals surface area contributed by atoms with E-state index in [0.717, 1.165) is 19.2 Å². The molecule has 0 saturated carbocycles. The number of aromatic nitrogens is 1. The van der Waals surface area contributed by atoms with E-state index in [0.29, 0.717) is 6.54 Å². The molecule has 1 aromatic heterocycles. The zero-order chi connectivity index (χ0) is 16.2. The van der Waals surface area contributed by atoms with Crippen molar-refractivity contribution in [3.8, 4) is 0 Å². The van der Waals surface area contributed by atoms with Crippen LogP contribution in [0.1, 0.15) is 31.3 Å². The van der Waals surface area contributed by atoms with E-state index in [1.165, 1.54) is 17.8 Å². The first-order chi connectivity index (χ1) is 9.71. The number of nitrogens with one attached hydrogen (secondary N) is 1. The van der Waals surface area contributed by atoms with Gasteiger partial charge < -0.3 is 14.6 Å². The number of carbonyl (C=O) groups is 1. The molecule has 0 fully saturated rings. The van der Waals surface area contributed by atoms with E-state index in [1.807, 2.05) is 13.8 Å². The van der Waals surface area contributed by atoms with Gasteiger partial charge in [0.15, 0.2) is 0 Å². The van der Waals surface area contributed by atoms with E-state index in [-0.39, 0.29) is 16.6 Å². The molecule has 0 aliphatic heterocycles. The van der Waals surface area contributed by atoms with Crippen LogP contribution in [0.5, 0.6) is 0 Å². The fraction of sp³-hybridized carbons (Fsp3) is 0.615. The van der Waals surface area contributed by atoms with Crippen molar-refractivity contribution in [3.05, 3.63) is 18.0 Å². The van der Waals surface area contributed by atoms with E-state index in [4.69, 9.17) is 5.11 Å². The highest BCUT2D eigenvalue weighted by molar-refractivity contribution is 7.89. The quantitative estimate of drug-likeness (QED) is 0.737. The summed E-state index contributed by atoms with van der Waals surface area (Å²) in [4.78, 5) is 13.0.